The summed E-state index contributed by atoms with van der Waals surface area (Å²) in [6.45, 7) is 1.31. The van der Waals surface area contributed by atoms with E-state index in [9.17, 15) is 9.59 Å². The molecule has 0 aliphatic carbocycles. The average molecular weight is 130 g/mol. The molecule has 0 spiro atoms. The van der Waals surface area contributed by atoms with E-state index in [2.05, 4.69) is 4.43 Å². The molecular weight excluding hydrogens is 124 g/mol. The van der Waals surface area contributed by atoms with Gasteiger partial charge in [-0.3, -0.25) is 4.79 Å². The van der Waals surface area contributed by atoms with E-state index >= 15 is 0 Å². The molecule has 0 unspecified atom stereocenters. The second-order valence-electron chi connectivity index (χ2n) is 1.12. The highest BCUT2D eigenvalue weighted by Crippen LogP contribution is 1.69. The Bertz CT molecular complexity index is 123. The van der Waals surface area contributed by atoms with Crippen molar-refractivity contribution >= 4 is 21.7 Å². The Kier molecular flexibility index (Phi) is 3.84. The second-order valence-corrected chi connectivity index (χ2v) is 2.15. The standard InChI is InChI=1S/C4H6O3Si/c1-4(6)7-8-3-2-5/h3H,8H2,1H3. The summed E-state index contributed by atoms with van der Waals surface area (Å²) < 4.78 is 4.46. The monoisotopic (exact) mass is 130 g/mol. The molecule has 0 aromatic carbocycles. The van der Waals surface area contributed by atoms with Crippen molar-refractivity contribution in [1.82, 2.24) is 0 Å². The lowest BCUT2D eigenvalue weighted by Gasteiger charge is -1.90. The Morgan fingerprint density at radius 1 is 1.88 bits per heavy atom. The van der Waals surface area contributed by atoms with Crippen LogP contribution in [0.1, 0.15) is 6.92 Å². The van der Waals surface area contributed by atoms with Gasteiger partial charge in [-0.25, -0.2) is 4.79 Å². The number of carbonyl (C=O) groups is 1. The average Bonchev–Trinajstić information content (AvgIpc) is 1.66. The summed E-state index contributed by atoms with van der Waals surface area (Å²) in [7, 11) is -1.03. The van der Waals surface area contributed by atoms with E-state index in [0.29, 0.717) is 0 Å². The smallest absolute Gasteiger partial charge is 0.289 e. The van der Waals surface area contributed by atoms with Crippen LogP contribution in [0, 0.1) is 0 Å². The molecule has 0 fully saturated rings. The highest BCUT2D eigenvalue weighted by Gasteiger charge is 1.85. The van der Waals surface area contributed by atoms with Gasteiger partial charge in [-0.05, 0) is 0 Å². The first-order valence-corrected chi connectivity index (χ1v) is 3.49. The van der Waals surface area contributed by atoms with E-state index in [4.69, 9.17) is 0 Å². The molecule has 4 heteroatoms. The third kappa shape index (κ3) is 5.14. The largest absolute Gasteiger partial charge is 0.521 e. The van der Waals surface area contributed by atoms with Gasteiger partial charge in [-0.15, -0.1) is 0 Å². The molecule has 0 aliphatic heterocycles. The molecule has 0 aromatic heterocycles. The molecule has 0 aliphatic rings. The van der Waals surface area contributed by atoms with Crippen molar-refractivity contribution in [3.63, 3.8) is 0 Å². The van der Waals surface area contributed by atoms with Crippen LogP contribution in [0.5, 0.6) is 0 Å². The van der Waals surface area contributed by atoms with E-state index in [1.807, 2.05) is 0 Å². The highest BCUT2D eigenvalue weighted by atomic mass is 28.2. The Hall–Kier alpha value is -0.863. The van der Waals surface area contributed by atoms with Gasteiger partial charge in [0.25, 0.3) is 15.7 Å². The first kappa shape index (κ1) is 7.14. The Morgan fingerprint density at radius 3 is 2.88 bits per heavy atom. The van der Waals surface area contributed by atoms with Crippen molar-refractivity contribution in [2.24, 2.45) is 0 Å². The summed E-state index contributed by atoms with van der Waals surface area (Å²) in [5, 5.41) is 0. The maximum atomic E-state index is 9.98. The van der Waals surface area contributed by atoms with E-state index in [0.717, 1.165) is 0 Å². The SMILES string of the molecule is CC(=O)O[SiH2]C=C=O. The van der Waals surface area contributed by atoms with Gasteiger partial charge in [0.15, 0.2) is 0 Å². The van der Waals surface area contributed by atoms with Gasteiger partial charge in [0.05, 0.1) is 0 Å². The molecule has 0 radical (unpaired) electrons. The summed E-state index contributed by atoms with van der Waals surface area (Å²) in [6.07, 6.45) is 0. The van der Waals surface area contributed by atoms with Gasteiger partial charge in [0, 0.05) is 12.6 Å². The van der Waals surface area contributed by atoms with Crippen LogP contribution in [-0.4, -0.2) is 21.7 Å². The normalized spacial score (nSPS) is 8.62. The maximum Gasteiger partial charge on any atom is 0.289 e. The number of carbonyl (C=O) groups excluding carboxylic acids is 2. The lowest BCUT2D eigenvalue weighted by molar-refractivity contribution is -0.131. The molecule has 0 N–H and O–H groups in total. The van der Waals surface area contributed by atoms with Gasteiger partial charge in [-0.2, -0.15) is 0 Å². The van der Waals surface area contributed by atoms with Gasteiger partial charge in [0.1, 0.15) is 5.94 Å². The van der Waals surface area contributed by atoms with Crippen molar-refractivity contribution in [2.45, 2.75) is 6.92 Å². The molecule has 0 saturated heterocycles. The van der Waals surface area contributed by atoms with Crippen LogP contribution < -0.4 is 0 Å². The molecule has 0 bridgehead atoms. The van der Waals surface area contributed by atoms with Crippen molar-refractivity contribution in [2.75, 3.05) is 0 Å². The van der Waals surface area contributed by atoms with Gasteiger partial charge >= 0.3 is 0 Å². The fourth-order valence-electron chi connectivity index (χ4n) is 0.193. The third-order valence-corrected chi connectivity index (χ3v) is 1.36. The molecule has 0 atom stereocenters. The lowest BCUT2D eigenvalue weighted by atomic mass is 10.9. The van der Waals surface area contributed by atoms with Crippen molar-refractivity contribution < 1.29 is 14.0 Å². The molecule has 44 valence electrons. The van der Waals surface area contributed by atoms with Crippen LogP contribution in [0.25, 0.3) is 0 Å². The van der Waals surface area contributed by atoms with Crippen LogP contribution in [0.15, 0.2) is 5.70 Å². The predicted molar refractivity (Wildman–Crippen MR) is 30.6 cm³/mol. The van der Waals surface area contributed by atoms with Crippen LogP contribution >= 0.6 is 0 Å². The highest BCUT2D eigenvalue weighted by molar-refractivity contribution is 6.39. The summed E-state index contributed by atoms with van der Waals surface area (Å²) >= 11 is 0. The van der Waals surface area contributed by atoms with Gasteiger partial charge in [-0.1, -0.05) is 0 Å². The molecule has 0 aromatic rings. The number of hydrogen-bond donors (Lipinski definition) is 0. The zero-order chi connectivity index (χ0) is 6.41. The fourth-order valence-corrected chi connectivity index (χ4v) is 0.579. The molecule has 3 nitrogen and oxygen atoms in total. The molecule has 0 saturated carbocycles. The van der Waals surface area contributed by atoms with Crippen LogP contribution in [0.3, 0.4) is 0 Å². The lowest BCUT2D eigenvalue weighted by Crippen LogP contribution is -2.00. The Balaban J connectivity index is 3.18. The van der Waals surface area contributed by atoms with Crippen molar-refractivity contribution in [1.29, 1.82) is 0 Å². The van der Waals surface area contributed by atoms with Gasteiger partial charge < -0.3 is 4.43 Å². The molecule has 0 heterocycles. The summed E-state index contributed by atoms with van der Waals surface area (Å²) in [4.78, 5) is 19.4. The molecular formula is C4H6O3Si. The summed E-state index contributed by atoms with van der Waals surface area (Å²) in [5.41, 5.74) is 1.24. The quantitative estimate of drug-likeness (QED) is 0.355. The minimum atomic E-state index is -1.03. The Labute approximate surface area is 49.3 Å². The number of hydrogen-bond acceptors (Lipinski definition) is 3. The minimum absolute atomic E-state index is 0.330. The van der Waals surface area contributed by atoms with Crippen LogP contribution in [-0.2, 0) is 14.0 Å². The fraction of sp³-hybridized carbons (Fsp3) is 0.250. The zero-order valence-corrected chi connectivity index (χ0v) is 5.92. The van der Waals surface area contributed by atoms with E-state index in [1.54, 1.807) is 0 Å². The third-order valence-electron chi connectivity index (χ3n) is 0.453. The topological polar surface area (TPSA) is 43.4 Å². The first-order valence-electron chi connectivity index (χ1n) is 2.10. The molecule has 8 heavy (non-hydrogen) atoms. The summed E-state index contributed by atoms with van der Waals surface area (Å²) in [6, 6.07) is 0. The van der Waals surface area contributed by atoms with Crippen LogP contribution in [0.4, 0.5) is 0 Å². The maximum absolute atomic E-state index is 9.98. The zero-order valence-electron chi connectivity index (χ0n) is 4.51. The second kappa shape index (κ2) is 4.30. The first-order chi connectivity index (χ1) is 3.77. The number of rotatable bonds is 2. The molecule has 0 rings (SSSR count). The predicted octanol–water partition coefficient (Wildman–Crippen LogP) is -1.02. The molecule has 0 amide bonds. The van der Waals surface area contributed by atoms with E-state index < -0.39 is 9.76 Å². The Morgan fingerprint density at radius 2 is 2.50 bits per heavy atom. The van der Waals surface area contributed by atoms with Gasteiger partial charge in [0.2, 0.25) is 0 Å². The van der Waals surface area contributed by atoms with Crippen molar-refractivity contribution in [3.8, 4) is 0 Å². The van der Waals surface area contributed by atoms with E-state index in [1.165, 1.54) is 18.6 Å². The van der Waals surface area contributed by atoms with E-state index in [-0.39, 0.29) is 5.97 Å². The van der Waals surface area contributed by atoms with Crippen LogP contribution in [0.2, 0.25) is 0 Å². The summed E-state index contributed by atoms with van der Waals surface area (Å²) in [5.74, 6) is 1.20. The van der Waals surface area contributed by atoms with Crippen molar-refractivity contribution in [3.05, 3.63) is 5.70 Å². The minimum Gasteiger partial charge on any atom is -0.521 e.